The standard InChI is InChI=1S/C12H15ClFNO/c1-9-8-16-5-4-15(9)12-3-2-10(7-13)6-11(12)14/h2-3,6,9H,4-5,7-8H2,1H3. The van der Waals surface area contributed by atoms with Gasteiger partial charge < -0.3 is 9.64 Å². The number of alkyl halides is 1. The number of rotatable bonds is 2. The van der Waals surface area contributed by atoms with Crippen molar-refractivity contribution in [2.24, 2.45) is 0 Å². The van der Waals surface area contributed by atoms with Crippen molar-refractivity contribution in [3.8, 4) is 0 Å². The molecule has 1 atom stereocenters. The number of hydrogen-bond acceptors (Lipinski definition) is 2. The molecule has 4 heteroatoms. The van der Waals surface area contributed by atoms with Gasteiger partial charge in [0.2, 0.25) is 0 Å². The Labute approximate surface area is 100.0 Å². The van der Waals surface area contributed by atoms with Gasteiger partial charge in [-0.05, 0) is 24.6 Å². The molecule has 0 saturated carbocycles. The van der Waals surface area contributed by atoms with E-state index in [2.05, 4.69) is 0 Å². The van der Waals surface area contributed by atoms with Crippen LogP contribution in [0.15, 0.2) is 18.2 Å². The van der Waals surface area contributed by atoms with Gasteiger partial charge in [-0.2, -0.15) is 0 Å². The van der Waals surface area contributed by atoms with Gasteiger partial charge in [0.05, 0.1) is 18.9 Å². The van der Waals surface area contributed by atoms with Crippen molar-refractivity contribution in [3.63, 3.8) is 0 Å². The second-order valence-electron chi connectivity index (χ2n) is 4.04. The summed E-state index contributed by atoms with van der Waals surface area (Å²) in [6, 6.07) is 5.39. The molecule has 1 heterocycles. The molecule has 2 rings (SSSR count). The normalized spacial score (nSPS) is 21.2. The number of hydrogen-bond donors (Lipinski definition) is 0. The van der Waals surface area contributed by atoms with E-state index in [9.17, 15) is 4.39 Å². The van der Waals surface area contributed by atoms with E-state index in [0.717, 1.165) is 12.1 Å². The van der Waals surface area contributed by atoms with Crippen molar-refractivity contribution in [2.45, 2.75) is 18.8 Å². The first-order valence-electron chi connectivity index (χ1n) is 5.41. The second-order valence-corrected chi connectivity index (χ2v) is 4.30. The van der Waals surface area contributed by atoms with Crippen LogP contribution in [0.5, 0.6) is 0 Å². The number of nitrogens with zero attached hydrogens (tertiary/aromatic N) is 1. The van der Waals surface area contributed by atoms with E-state index in [1.807, 2.05) is 17.9 Å². The van der Waals surface area contributed by atoms with E-state index >= 15 is 0 Å². The summed E-state index contributed by atoms with van der Waals surface area (Å²) >= 11 is 5.67. The summed E-state index contributed by atoms with van der Waals surface area (Å²) in [7, 11) is 0. The minimum absolute atomic E-state index is 0.202. The fraction of sp³-hybridized carbons (Fsp3) is 0.500. The van der Waals surface area contributed by atoms with Gasteiger partial charge >= 0.3 is 0 Å². The van der Waals surface area contributed by atoms with E-state index in [0.29, 0.717) is 24.8 Å². The number of anilines is 1. The SMILES string of the molecule is CC1COCCN1c1ccc(CCl)cc1F. The average Bonchev–Trinajstić information content (AvgIpc) is 2.30. The number of ether oxygens (including phenoxy) is 1. The van der Waals surface area contributed by atoms with Gasteiger partial charge in [0, 0.05) is 18.5 Å². The van der Waals surface area contributed by atoms with Crippen LogP contribution in [0.3, 0.4) is 0 Å². The molecule has 1 unspecified atom stereocenters. The molecular weight excluding hydrogens is 229 g/mol. The smallest absolute Gasteiger partial charge is 0.146 e. The Balaban J connectivity index is 2.25. The maximum atomic E-state index is 13.9. The molecule has 0 aromatic heterocycles. The Morgan fingerprint density at radius 1 is 1.56 bits per heavy atom. The minimum atomic E-state index is -0.202. The monoisotopic (exact) mass is 243 g/mol. The largest absolute Gasteiger partial charge is 0.377 e. The lowest BCUT2D eigenvalue weighted by atomic mass is 10.1. The van der Waals surface area contributed by atoms with Gasteiger partial charge in [-0.25, -0.2) is 4.39 Å². The van der Waals surface area contributed by atoms with E-state index < -0.39 is 0 Å². The summed E-state index contributed by atoms with van der Waals surface area (Å²) in [5, 5.41) is 0. The van der Waals surface area contributed by atoms with Crippen LogP contribution in [0.25, 0.3) is 0 Å². The number of halogens is 2. The van der Waals surface area contributed by atoms with Crippen molar-refractivity contribution in [1.29, 1.82) is 0 Å². The molecule has 0 aliphatic carbocycles. The summed E-state index contributed by atoms with van der Waals surface area (Å²) in [4.78, 5) is 2.04. The third-order valence-corrected chi connectivity index (χ3v) is 3.15. The van der Waals surface area contributed by atoms with Crippen LogP contribution in [0.4, 0.5) is 10.1 Å². The Kier molecular flexibility index (Phi) is 3.66. The quantitative estimate of drug-likeness (QED) is 0.741. The van der Waals surface area contributed by atoms with Crippen molar-refractivity contribution in [2.75, 3.05) is 24.7 Å². The van der Waals surface area contributed by atoms with Crippen LogP contribution in [0.1, 0.15) is 12.5 Å². The first kappa shape index (κ1) is 11.7. The Morgan fingerprint density at radius 3 is 3.00 bits per heavy atom. The lowest BCUT2D eigenvalue weighted by molar-refractivity contribution is 0.0986. The fourth-order valence-corrected chi connectivity index (χ4v) is 2.12. The van der Waals surface area contributed by atoms with Gasteiger partial charge in [-0.15, -0.1) is 11.6 Å². The van der Waals surface area contributed by atoms with Gasteiger partial charge in [-0.1, -0.05) is 6.07 Å². The summed E-state index contributed by atoms with van der Waals surface area (Å²) < 4.78 is 19.2. The van der Waals surface area contributed by atoms with E-state index in [-0.39, 0.29) is 11.9 Å². The Hall–Kier alpha value is -0.800. The van der Waals surface area contributed by atoms with Gasteiger partial charge in [0.1, 0.15) is 5.82 Å². The zero-order chi connectivity index (χ0) is 11.5. The summed E-state index contributed by atoms with van der Waals surface area (Å²) in [5.41, 5.74) is 1.45. The first-order chi connectivity index (χ1) is 7.72. The molecule has 1 aliphatic heterocycles. The first-order valence-corrected chi connectivity index (χ1v) is 5.94. The predicted molar refractivity (Wildman–Crippen MR) is 63.6 cm³/mol. The zero-order valence-corrected chi connectivity index (χ0v) is 10.0. The maximum absolute atomic E-state index is 13.9. The highest BCUT2D eigenvalue weighted by molar-refractivity contribution is 6.17. The maximum Gasteiger partial charge on any atom is 0.146 e. The summed E-state index contributed by atoms with van der Waals surface area (Å²) in [6.45, 7) is 4.07. The van der Waals surface area contributed by atoms with Crippen LogP contribution in [-0.2, 0) is 10.6 Å². The van der Waals surface area contributed by atoms with Crippen LogP contribution < -0.4 is 4.90 Å². The molecule has 0 amide bonds. The van der Waals surface area contributed by atoms with Crippen LogP contribution in [-0.4, -0.2) is 25.8 Å². The van der Waals surface area contributed by atoms with Gasteiger partial charge in [0.25, 0.3) is 0 Å². The highest BCUT2D eigenvalue weighted by atomic mass is 35.5. The van der Waals surface area contributed by atoms with Crippen LogP contribution in [0.2, 0.25) is 0 Å². The van der Waals surface area contributed by atoms with Gasteiger partial charge in [0.15, 0.2) is 0 Å². The molecule has 0 N–H and O–H groups in total. The molecule has 1 aliphatic rings. The van der Waals surface area contributed by atoms with Crippen molar-refractivity contribution < 1.29 is 9.13 Å². The summed E-state index contributed by atoms with van der Waals surface area (Å²) in [5.74, 6) is 0.141. The van der Waals surface area contributed by atoms with E-state index in [4.69, 9.17) is 16.3 Å². The second kappa shape index (κ2) is 5.02. The third kappa shape index (κ3) is 2.30. The molecule has 1 saturated heterocycles. The van der Waals surface area contributed by atoms with Gasteiger partial charge in [-0.3, -0.25) is 0 Å². The Morgan fingerprint density at radius 2 is 2.38 bits per heavy atom. The zero-order valence-electron chi connectivity index (χ0n) is 9.25. The fourth-order valence-electron chi connectivity index (χ4n) is 1.95. The van der Waals surface area contributed by atoms with Crippen LogP contribution >= 0.6 is 11.6 Å². The van der Waals surface area contributed by atoms with Crippen molar-refractivity contribution in [1.82, 2.24) is 0 Å². The molecule has 0 radical (unpaired) electrons. The highest BCUT2D eigenvalue weighted by Crippen LogP contribution is 2.24. The topological polar surface area (TPSA) is 12.5 Å². The number of morpholine rings is 1. The van der Waals surface area contributed by atoms with Crippen molar-refractivity contribution in [3.05, 3.63) is 29.6 Å². The molecular formula is C12H15ClFNO. The van der Waals surface area contributed by atoms with Crippen molar-refractivity contribution >= 4 is 17.3 Å². The molecule has 0 bridgehead atoms. The molecule has 88 valence electrons. The number of benzene rings is 1. The summed E-state index contributed by atoms with van der Waals surface area (Å²) in [6.07, 6.45) is 0. The molecule has 2 nitrogen and oxygen atoms in total. The predicted octanol–water partition coefficient (Wildman–Crippen LogP) is 2.79. The molecule has 16 heavy (non-hydrogen) atoms. The van der Waals surface area contributed by atoms with E-state index in [1.165, 1.54) is 6.07 Å². The molecule has 0 spiro atoms. The molecule has 1 fully saturated rings. The third-order valence-electron chi connectivity index (χ3n) is 2.84. The minimum Gasteiger partial charge on any atom is -0.377 e. The molecule has 1 aromatic rings. The Bertz CT molecular complexity index is 372. The lowest BCUT2D eigenvalue weighted by Crippen LogP contribution is -2.44. The average molecular weight is 244 g/mol. The highest BCUT2D eigenvalue weighted by Gasteiger charge is 2.21. The molecule has 1 aromatic carbocycles. The van der Waals surface area contributed by atoms with E-state index in [1.54, 1.807) is 6.07 Å². The van der Waals surface area contributed by atoms with Crippen LogP contribution in [0, 0.1) is 5.82 Å². The lowest BCUT2D eigenvalue weighted by Gasteiger charge is -2.35.